The van der Waals surface area contributed by atoms with Crippen LogP contribution in [0.15, 0.2) is 6.07 Å². The van der Waals surface area contributed by atoms with Crippen LogP contribution in [0.5, 0.6) is 5.75 Å². The van der Waals surface area contributed by atoms with Crippen LogP contribution < -0.4 is 5.32 Å². The molecule has 0 amide bonds. The number of rotatable bonds is 2. The lowest BCUT2D eigenvalue weighted by molar-refractivity contribution is 0.368. The highest BCUT2D eigenvalue weighted by Crippen LogP contribution is 2.34. The predicted molar refractivity (Wildman–Crippen MR) is 67.1 cm³/mol. The number of nitrogens with one attached hydrogen (secondary N) is 1. The molecular weight excluding hydrogens is 241 g/mol. The third kappa shape index (κ3) is 2.72. The van der Waals surface area contributed by atoms with E-state index in [9.17, 15) is 9.50 Å². The van der Waals surface area contributed by atoms with Gasteiger partial charge in [0.05, 0.1) is 5.02 Å². The Bertz CT molecular complexity index is 390. The zero-order valence-electron chi connectivity index (χ0n) is 9.89. The average Bonchev–Trinajstić information content (AvgIpc) is 2.33. The molecule has 1 aromatic rings. The van der Waals surface area contributed by atoms with Crippen LogP contribution in [0.1, 0.15) is 24.0 Å². The topological polar surface area (TPSA) is 32.3 Å². The van der Waals surface area contributed by atoms with Crippen LogP contribution >= 0.6 is 11.6 Å². The first-order valence-electron chi connectivity index (χ1n) is 5.96. The molecule has 0 saturated carbocycles. The van der Waals surface area contributed by atoms with Gasteiger partial charge < -0.3 is 10.4 Å². The van der Waals surface area contributed by atoms with Gasteiger partial charge in [0.15, 0.2) is 0 Å². The number of piperidine rings is 1. The molecule has 17 heavy (non-hydrogen) atoms. The molecular formula is C13H17ClFNO. The van der Waals surface area contributed by atoms with Gasteiger partial charge in [0.25, 0.3) is 0 Å². The molecule has 1 unspecified atom stereocenters. The molecule has 4 heteroatoms. The van der Waals surface area contributed by atoms with Gasteiger partial charge in [-0.1, -0.05) is 11.6 Å². The van der Waals surface area contributed by atoms with E-state index in [1.807, 2.05) is 0 Å². The Morgan fingerprint density at radius 2 is 2.35 bits per heavy atom. The Hall–Kier alpha value is -0.800. The van der Waals surface area contributed by atoms with Crippen LogP contribution in [0.25, 0.3) is 0 Å². The summed E-state index contributed by atoms with van der Waals surface area (Å²) in [5, 5.41) is 13.3. The van der Waals surface area contributed by atoms with Crippen molar-refractivity contribution in [2.75, 3.05) is 13.1 Å². The molecule has 1 heterocycles. The third-order valence-corrected chi connectivity index (χ3v) is 3.76. The van der Waals surface area contributed by atoms with E-state index < -0.39 is 0 Å². The van der Waals surface area contributed by atoms with E-state index in [0.29, 0.717) is 23.5 Å². The van der Waals surface area contributed by atoms with Crippen molar-refractivity contribution in [3.8, 4) is 5.75 Å². The molecule has 1 aliphatic heterocycles. The van der Waals surface area contributed by atoms with Crippen LogP contribution in [0.2, 0.25) is 5.02 Å². The maximum Gasteiger partial charge on any atom is 0.137 e. The summed E-state index contributed by atoms with van der Waals surface area (Å²) in [5.74, 6) is 0.147. The van der Waals surface area contributed by atoms with Crippen molar-refractivity contribution in [1.29, 1.82) is 0 Å². The fraction of sp³-hybridized carbons (Fsp3) is 0.538. The summed E-state index contributed by atoms with van der Waals surface area (Å²) in [6, 6.07) is 1.18. The normalized spacial score (nSPS) is 20.5. The minimum atomic E-state index is -0.341. The Morgan fingerprint density at radius 1 is 1.59 bits per heavy atom. The second-order valence-corrected chi connectivity index (χ2v) is 5.12. The maximum absolute atomic E-state index is 13.6. The van der Waals surface area contributed by atoms with Gasteiger partial charge in [-0.05, 0) is 56.8 Å². The van der Waals surface area contributed by atoms with Gasteiger partial charge in [-0.15, -0.1) is 0 Å². The first kappa shape index (κ1) is 12.7. The van der Waals surface area contributed by atoms with Crippen molar-refractivity contribution >= 4 is 11.6 Å². The summed E-state index contributed by atoms with van der Waals surface area (Å²) in [7, 11) is 0. The summed E-state index contributed by atoms with van der Waals surface area (Å²) < 4.78 is 13.6. The highest BCUT2D eigenvalue weighted by atomic mass is 35.5. The monoisotopic (exact) mass is 257 g/mol. The van der Waals surface area contributed by atoms with E-state index in [0.717, 1.165) is 25.9 Å². The lowest BCUT2D eigenvalue weighted by atomic mass is 9.90. The van der Waals surface area contributed by atoms with Crippen molar-refractivity contribution in [3.63, 3.8) is 0 Å². The van der Waals surface area contributed by atoms with Gasteiger partial charge in [-0.25, -0.2) is 4.39 Å². The molecule has 0 radical (unpaired) electrons. The number of hydrogen-bond donors (Lipinski definition) is 2. The molecule has 2 nitrogen and oxygen atoms in total. The Balaban J connectivity index is 2.24. The standard InChI is InChI=1S/C13H17ClFNO/c1-8-10(5-9-3-2-4-16-7-9)13(17)11(14)6-12(8)15/h6,9,16-17H,2-5,7H2,1H3. The van der Waals surface area contributed by atoms with Crippen LogP contribution in [-0.4, -0.2) is 18.2 Å². The van der Waals surface area contributed by atoms with Gasteiger partial charge in [-0.3, -0.25) is 0 Å². The van der Waals surface area contributed by atoms with Crippen molar-refractivity contribution in [1.82, 2.24) is 5.32 Å². The Morgan fingerprint density at radius 3 is 3.00 bits per heavy atom. The number of phenols is 1. The molecule has 2 rings (SSSR count). The van der Waals surface area contributed by atoms with E-state index in [-0.39, 0.29) is 16.6 Å². The highest BCUT2D eigenvalue weighted by Gasteiger charge is 2.19. The fourth-order valence-electron chi connectivity index (χ4n) is 2.39. The first-order valence-corrected chi connectivity index (χ1v) is 6.34. The number of phenolic OH excluding ortho intramolecular Hbond substituents is 1. The van der Waals surface area contributed by atoms with Crippen molar-refractivity contribution in [2.45, 2.75) is 26.2 Å². The average molecular weight is 258 g/mol. The summed E-state index contributed by atoms with van der Waals surface area (Å²) in [5.41, 5.74) is 1.17. The van der Waals surface area contributed by atoms with Crippen molar-refractivity contribution in [2.24, 2.45) is 5.92 Å². The summed E-state index contributed by atoms with van der Waals surface area (Å²) in [6.07, 6.45) is 2.93. The van der Waals surface area contributed by atoms with Crippen LogP contribution in [0.3, 0.4) is 0 Å². The maximum atomic E-state index is 13.6. The van der Waals surface area contributed by atoms with Crippen molar-refractivity contribution < 1.29 is 9.50 Å². The largest absolute Gasteiger partial charge is 0.506 e. The van der Waals surface area contributed by atoms with E-state index in [1.165, 1.54) is 6.07 Å². The molecule has 1 fully saturated rings. The molecule has 94 valence electrons. The Kier molecular flexibility index (Phi) is 3.89. The lowest BCUT2D eigenvalue weighted by Gasteiger charge is -2.24. The molecule has 1 aliphatic rings. The minimum absolute atomic E-state index is 0.0381. The minimum Gasteiger partial charge on any atom is -0.506 e. The van der Waals surface area contributed by atoms with Gasteiger partial charge in [0.1, 0.15) is 11.6 Å². The lowest BCUT2D eigenvalue weighted by Crippen LogP contribution is -2.31. The number of halogens is 2. The summed E-state index contributed by atoms with van der Waals surface area (Å²) >= 11 is 5.80. The second kappa shape index (κ2) is 5.23. The Labute approximate surface area is 106 Å². The highest BCUT2D eigenvalue weighted by molar-refractivity contribution is 6.32. The SMILES string of the molecule is Cc1c(F)cc(Cl)c(O)c1CC1CCCNC1. The molecule has 2 N–H and O–H groups in total. The summed E-state index contributed by atoms with van der Waals surface area (Å²) in [6.45, 7) is 3.66. The molecule has 0 aromatic heterocycles. The quantitative estimate of drug-likeness (QED) is 0.854. The van der Waals surface area contributed by atoms with Crippen LogP contribution in [0, 0.1) is 18.7 Å². The molecule has 0 aliphatic carbocycles. The third-order valence-electron chi connectivity index (χ3n) is 3.47. The molecule has 1 aromatic carbocycles. The fourth-order valence-corrected chi connectivity index (χ4v) is 2.60. The van der Waals surface area contributed by atoms with Gasteiger partial charge >= 0.3 is 0 Å². The van der Waals surface area contributed by atoms with E-state index in [1.54, 1.807) is 6.92 Å². The first-order chi connectivity index (χ1) is 8.09. The van der Waals surface area contributed by atoms with E-state index in [2.05, 4.69) is 5.32 Å². The number of benzene rings is 1. The van der Waals surface area contributed by atoms with Gasteiger partial charge in [0.2, 0.25) is 0 Å². The van der Waals surface area contributed by atoms with E-state index >= 15 is 0 Å². The van der Waals surface area contributed by atoms with Crippen LogP contribution in [-0.2, 0) is 6.42 Å². The smallest absolute Gasteiger partial charge is 0.137 e. The van der Waals surface area contributed by atoms with E-state index in [4.69, 9.17) is 11.6 Å². The van der Waals surface area contributed by atoms with Gasteiger partial charge in [-0.2, -0.15) is 0 Å². The predicted octanol–water partition coefficient (Wildman–Crippen LogP) is 3.04. The molecule has 1 saturated heterocycles. The molecule has 1 atom stereocenters. The number of hydrogen-bond acceptors (Lipinski definition) is 2. The summed E-state index contributed by atoms with van der Waals surface area (Å²) in [4.78, 5) is 0. The second-order valence-electron chi connectivity index (χ2n) is 4.71. The molecule has 0 bridgehead atoms. The number of aromatic hydroxyl groups is 1. The van der Waals surface area contributed by atoms with Crippen LogP contribution in [0.4, 0.5) is 4.39 Å². The van der Waals surface area contributed by atoms with Crippen molar-refractivity contribution in [3.05, 3.63) is 28.0 Å². The zero-order valence-corrected chi connectivity index (χ0v) is 10.6. The van der Waals surface area contributed by atoms with Gasteiger partial charge in [0, 0.05) is 5.56 Å². The molecule has 0 spiro atoms. The zero-order chi connectivity index (χ0) is 12.4.